The van der Waals surface area contributed by atoms with Crippen LogP contribution in [0, 0.1) is 0 Å². The molecule has 3 nitrogen and oxygen atoms in total. The zero-order valence-corrected chi connectivity index (χ0v) is 6.99. The van der Waals surface area contributed by atoms with Gasteiger partial charge in [-0.25, -0.2) is 4.57 Å². The molecule has 0 N–H and O–H groups in total. The number of halogens is 2. The summed E-state index contributed by atoms with van der Waals surface area (Å²) in [6.07, 6.45) is 0. The Balaban J connectivity index is 2.54. The van der Waals surface area contributed by atoms with Crippen molar-refractivity contribution in [3.63, 3.8) is 0 Å². The Morgan fingerprint density at radius 3 is 2.30 bits per heavy atom. The second-order valence-corrected chi connectivity index (χ2v) is 4.68. The van der Waals surface area contributed by atoms with Crippen LogP contribution in [0.3, 0.4) is 0 Å². The van der Waals surface area contributed by atoms with Crippen LogP contribution in [0.25, 0.3) is 0 Å². The summed E-state index contributed by atoms with van der Waals surface area (Å²) in [5.74, 6) is 0. The molecule has 0 unspecified atom stereocenters. The third kappa shape index (κ3) is 2.20. The maximum absolute atomic E-state index is 12.3. The summed E-state index contributed by atoms with van der Waals surface area (Å²) in [5, 5.41) is 0. The zero-order valence-electron chi connectivity index (χ0n) is 5.34. The molecular weight excluding hydrogens is 181 g/mol. The Labute approximate surface area is 63.1 Å². The molecule has 1 rings (SSSR count). The highest BCUT2D eigenvalue weighted by Gasteiger charge is 2.38. The Hall–Kier alpha value is 0.370. The molecular formula is C4H7ClFO3P. The minimum absolute atomic E-state index is 0.0810. The third-order valence-electron chi connectivity index (χ3n) is 1.04. The van der Waals surface area contributed by atoms with E-state index < -0.39 is 12.8 Å². The topological polar surface area (TPSA) is 35.5 Å². The third-order valence-corrected chi connectivity index (χ3v) is 2.13. The summed E-state index contributed by atoms with van der Waals surface area (Å²) in [7, 11) is -4.25. The first-order chi connectivity index (χ1) is 4.41. The second kappa shape index (κ2) is 2.45. The van der Waals surface area contributed by atoms with Crippen molar-refractivity contribution in [3.05, 3.63) is 0 Å². The number of hydrogen-bond acceptors (Lipinski definition) is 3. The van der Waals surface area contributed by atoms with Gasteiger partial charge in [-0.3, -0.25) is 9.05 Å². The largest absolute Gasteiger partial charge is 0.513 e. The van der Waals surface area contributed by atoms with Gasteiger partial charge in [0.1, 0.15) is 0 Å². The fourth-order valence-corrected chi connectivity index (χ4v) is 1.72. The lowest BCUT2D eigenvalue weighted by Crippen LogP contribution is -2.32. The predicted octanol–water partition coefficient (Wildman–Crippen LogP) is 2.11. The first kappa shape index (κ1) is 8.47. The highest BCUT2D eigenvalue weighted by molar-refractivity contribution is 7.48. The van der Waals surface area contributed by atoms with Gasteiger partial charge in [0.05, 0.1) is 18.1 Å². The van der Waals surface area contributed by atoms with Crippen molar-refractivity contribution < 1.29 is 17.8 Å². The lowest BCUT2D eigenvalue weighted by atomic mass is 10.2. The zero-order chi connectivity index (χ0) is 7.83. The minimum Gasteiger partial charge on any atom is -0.282 e. The second-order valence-electron chi connectivity index (χ2n) is 2.39. The Kier molecular flexibility index (Phi) is 2.07. The molecule has 1 fully saturated rings. The van der Waals surface area contributed by atoms with Gasteiger partial charge in [0.2, 0.25) is 0 Å². The van der Waals surface area contributed by atoms with Crippen LogP contribution in [-0.2, 0) is 13.6 Å². The van der Waals surface area contributed by atoms with Crippen molar-refractivity contribution in [3.8, 4) is 0 Å². The van der Waals surface area contributed by atoms with Crippen LogP contribution in [0.4, 0.5) is 4.20 Å². The van der Waals surface area contributed by atoms with Gasteiger partial charge >= 0.3 is 7.91 Å². The molecule has 0 spiro atoms. The van der Waals surface area contributed by atoms with E-state index in [9.17, 15) is 8.76 Å². The molecule has 10 heavy (non-hydrogen) atoms. The normalized spacial score (nSPS) is 49.1. The number of rotatable bonds is 0. The Morgan fingerprint density at radius 2 is 2.00 bits per heavy atom. The molecule has 6 heteroatoms. The molecule has 0 bridgehead atoms. The van der Waals surface area contributed by atoms with Crippen LogP contribution < -0.4 is 0 Å². The average molecular weight is 189 g/mol. The van der Waals surface area contributed by atoms with Gasteiger partial charge in [-0.1, -0.05) is 0 Å². The molecule has 1 heterocycles. The van der Waals surface area contributed by atoms with Crippen molar-refractivity contribution >= 4 is 19.5 Å². The van der Waals surface area contributed by atoms with Crippen molar-refractivity contribution in [2.24, 2.45) is 0 Å². The number of hydrogen-bond donors (Lipinski definition) is 0. The standard InChI is InChI=1S/C4H7ClFO3P/c1-4(5)2-8-10(6,7)9-3-4/h2-3H2,1H3. The molecule has 0 aromatic heterocycles. The summed E-state index contributed by atoms with van der Waals surface area (Å²) < 4.78 is 31.0. The fourth-order valence-electron chi connectivity index (χ4n) is 0.502. The van der Waals surface area contributed by atoms with Gasteiger partial charge in [-0.15, -0.1) is 15.8 Å². The molecule has 60 valence electrons. The molecule has 0 aliphatic carbocycles. The van der Waals surface area contributed by atoms with Crippen molar-refractivity contribution in [2.75, 3.05) is 13.2 Å². The quantitative estimate of drug-likeness (QED) is 0.431. The van der Waals surface area contributed by atoms with Gasteiger partial charge in [-0.2, -0.15) is 0 Å². The van der Waals surface area contributed by atoms with E-state index in [0.29, 0.717) is 0 Å². The maximum atomic E-state index is 12.3. The highest BCUT2D eigenvalue weighted by atomic mass is 35.5. The molecule has 0 amide bonds. The summed E-state index contributed by atoms with van der Waals surface area (Å²) in [6.45, 7) is 1.46. The van der Waals surface area contributed by atoms with E-state index in [1.807, 2.05) is 0 Å². The average Bonchev–Trinajstić information content (AvgIpc) is 1.79. The molecule has 0 aromatic rings. The molecule has 1 aliphatic heterocycles. The summed E-state index contributed by atoms with van der Waals surface area (Å²) >= 11 is 5.66. The molecule has 0 radical (unpaired) electrons. The van der Waals surface area contributed by atoms with Crippen molar-refractivity contribution in [1.82, 2.24) is 0 Å². The summed E-state index contributed by atoms with van der Waals surface area (Å²) in [4.78, 5) is -0.750. The summed E-state index contributed by atoms with van der Waals surface area (Å²) in [6, 6.07) is 0. The van der Waals surface area contributed by atoms with Crippen LogP contribution in [-0.4, -0.2) is 18.1 Å². The van der Waals surface area contributed by atoms with Crippen LogP contribution in [0.5, 0.6) is 0 Å². The molecule has 0 saturated carbocycles. The highest BCUT2D eigenvalue weighted by Crippen LogP contribution is 2.54. The summed E-state index contributed by atoms with van der Waals surface area (Å²) in [5.41, 5.74) is 0. The van der Waals surface area contributed by atoms with E-state index in [4.69, 9.17) is 11.6 Å². The molecule has 0 aromatic carbocycles. The van der Waals surface area contributed by atoms with Crippen LogP contribution in [0.2, 0.25) is 0 Å². The van der Waals surface area contributed by atoms with Gasteiger partial charge < -0.3 is 0 Å². The SMILES string of the molecule is CC1(Cl)COP(=O)(F)OC1. The lowest BCUT2D eigenvalue weighted by molar-refractivity contribution is 0.0934. The fraction of sp³-hybridized carbons (Fsp3) is 1.00. The molecule has 1 saturated heterocycles. The maximum Gasteiger partial charge on any atom is 0.513 e. The van der Waals surface area contributed by atoms with Gasteiger partial charge in [-0.05, 0) is 6.92 Å². The van der Waals surface area contributed by atoms with Crippen molar-refractivity contribution in [2.45, 2.75) is 11.8 Å². The predicted molar refractivity (Wildman–Crippen MR) is 34.9 cm³/mol. The van der Waals surface area contributed by atoms with Crippen LogP contribution >= 0.6 is 19.5 Å². The van der Waals surface area contributed by atoms with E-state index in [0.717, 1.165) is 0 Å². The van der Waals surface area contributed by atoms with Crippen LogP contribution in [0.1, 0.15) is 6.92 Å². The van der Waals surface area contributed by atoms with Gasteiger partial charge in [0.25, 0.3) is 0 Å². The van der Waals surface area contributed by atoms with E-state index in [1.165, 1.54) is 0 Å². The monoisotopic (exact) mass is 188 g/mol. The smallest absolute Gasteiger partial charge is 0.282 e. The van der Waals surface area contributed by atoms with Crippen molar-refractivity contribution in [1.29, 1.82) is 0 Å². The molecule has 1 aliphatic rings. The Bertz CT molecular complexity index is 169. The van der Waals surface area contributed by atoms with Gasteiger partial charge in [0.15, 0.2) is 0 Å². The van der Waals surface area contributed by atoms with Crippen LogP contribution in [0.15, 0.2) is 0 Å². The molecule has 0 atom stereocenters. The van der Waals surface area contributed by atoms with Gasteiger partial charge in [0, 0.05) is 0 Å². The number of alkyl halides is 1. The van der Waals surface area contributed by atoms with E-state index in [-0.39, 0.29) is 13.2 Å². The minimum atomic E-state index is -4.25. The Morgan fingerprint density at radius 1 is 1.60 bits per heavy atom. The first-order valence-electron chi connectivity index (χ1n) is 2.69. The van der Waals surface area contributed by atoms with E-state index in [2.05, 4.69) is 9.05 Å². The first-order valence-corrected chi connectivity index (χ1v) is 4.50. The van der Waals surface area contributed by atoms with E-state index in [1.54, 1.807) is 6.92 Å². The lowest BCUT2D eigenvalue weighted by Gasteiger charge is -2.27. The van der Waals surface area contributed by atoms with E-state index >= 15 is 0 Å².